The van der Waals surface area contributed by atoms with Crippen LogP contribution in [0.2, 0.25) is 0 Å². The van der Waals surface area contributed by atoms with Crippen LogP contribution in [0.25, 0.3) is 11.3 Å². The van der Waals surface area contributed by atoms with E-state index in [-0.39, 0.29) is 5.41 Å². The molecule has 0 amide bonds. The number of aromatic nitrogens is 2. The standard InChI is InChI=1S/C14H18N2O/c1-9-10(2)16-17-13(9)11-8-15-7-6-12(11)14(3,4)5/h6-8H,1-5H3. The van der Waals surface area contributed by atoms with E-state index >= 15 is 0 Å². The van der Waals surface area contributed by atoms with Crippen LogP contribution in [0.4, 0.5) is 0 Å². The zero-order chi connectivity index (χ0) is 12.6. The summed E-state index contributed by atoms with van der Waals surface area (Å²) in [5.74, 6) is 0.834. The van der Waals surface area contributed by atoms with Gasteiger partial charge in [-0.05, 0) is 30.9 Å². The third-order valence-electron chi connectivity index (χ3n) is 3.03. The summed E-state index contributed by atoms with van der Waals surface area (Å²) in [6.07, 6.45) is 3.68. The SMILES string of the molecule is Cc1noc(-c2cnccc2C(C)(C)C)c1C. The van der Waals surface area contributed by atoms with Gasteiger partial charge in [0.05, 0.1) is 5.69 Å². The van der Waals surface area contributed by atoms with Gasteiger partial charge in [-0.25, -0.2) is 0 Å². The van der Waals surface area contributed by atoms with Crippen molar-refractivity contribution >= 4 is 0 Å². The van der Waals surface area contributed by atoms with Crippen LogP contribution in [-0.2, 0) is 5.41 Å². The highest BCUT2D eigenvalue weighted by Gasteiger charge is 2.22. The van der Waals surface area contributed by atoms with Gasteiger partial charge in [0.1, 0.15) is 0 Å². The minimum Gasteiger partial charge on any atom is -0.356 e. The third kappa shape index (κ3) is 2.09. The maximum absolute atomic E-state index is 5.43. The Bertz CT molecular complexity index is 535. The molecular formula is C14H18N2O. The molecule has 0 fully saturated rings. The van der Waals surface area contributed by atoms with E-state index in [4.69, 9.17) is 4.52 Å². The highest BCUT2D eigenvalue weighted by Crippen LogP contribution is 2.34. The smallest absolute Gasteiger partial charge is 0.171 e. The first-order chi connectivity index (χ1) is 7.91. The second kappa shape index (κ2) is 3.99. The van der Waals surface area contributed by atoms with Crippen LogP contribution in [0.1, 0.15) is 37.6 Å². The van der Waals surface area contributed by atoms with E-state index in [0.29, 0.717) is 0 Å². The fraction of sp³-hybridized carbons (Fsp3) is 0.429. The molecule has 0 saturated carbocycles. The second-order valence-corrected chi connectivity index (χ2v) is 5.39. The molecule has 17 heavy (non-hydrogen) atoms. The lowest BCUT2D eigenvalue weighted by Gasteiger charge is -2.21. The molecule has 2 aromatic heterocycles. The summed E-state index contributed by atoms with van der Waals surface area (Å²) in [5, 5.41) is 4.01. The predicted octanol–water partition coefficient (Wildman–Crippen LogP) is 3.65. The first kappa shape index (κ1) is 11.8. The van der Waals surface area contributed by atoms with E-state index in [1.807, 2.05) is 32.3 Å². The molecule has 0 spiro atoms. The van der Waals surface area contributed by atoms with E-state index < -0.39 is 0 Å². The van der Waals surface area contributed by atoms with Gasteiger partial charge in [0.25, 0.3) is 0 Å². The Morgan fingerprint density at radius 2 is 1.88 bits per heavy atom. The molecule has 0 radical (unpaired) electrons. The maximum Gasteiger partial charge on any atom is 0.171 e. The molecule has 90 valence electrons. The largest absolute Gasteiger partial charge is 0.356 e. The monoisotopic (exact) mass is 230 g/mol. The van der Waals surface area contributed by atoms with Crippen molar-refractivity contribution in [1.82, 2.24) is 10.1 Å². The molecule has 0 saturated heterocycles. The first-order valence-corrected chi connectivity index (χ1v) is 5.79. The Labute approximate surface area is 102 Å². The van der Waals surface area contributed by atoms with Crippen LogP contribution in [0.3, 0.4) is 0 Å². The van der Waals surface area contributed by atoms with Gasteiger partial charge in [-0.15, -0.1) is 0 Å². The topological polar surface area (TPSA) is 38.9 Å². The molecule has 0 atom stereocenters. The van der Waals surface area contributed by atoms with Crippen LogP contribution in [-0.4, -0.2) is 10.1 Å². The number of rotatable bonds is 1. The summed E-state index contributed by atoms with van der Waals surface area (Å²) in [7, 11) is 0. The highest BCUT2D eigenvalue weighted by molar-refractivity contribution is 5.66. The molecule has 0 aliphatic rings. The molecule has 3 nitrogen and oxygen atoms in total. The minimum atomic E-state index is 0.0609. The Hall–Kier alpha value is -1.64. The van der Waals surface area contributed by atoms with Crippen LogP contribution in [0, 0.1) is 13.8 Å². The molecule has 0 bridgehead atoms. The van der Waals surface area contributed by atoms with Crippen molar-refractivity contribution in [3.05, 3.63) is 35.3 Å². The molecule has 0 aromatic carbocycles. The predicted molar refractivity (Wildman–Crippen MR) is 67.9 cm³/mol. The van der Waals surface area contributed by atoms with Gasteiger partial charge in [0.15, 0.2) is 5.76 Å². The lowest BCUT2D eigenvalue weighted by molar-refractivity contribution is 0.425. The number of aryl methyl sites for hydroxylation is 1. The van der Waals surface area contributed by atoms with Crippen LogP contribution in [0.15, 0.2) is 23.0 Å². The van der Waals surface area contributed by atoms with Gasteiger partial charge in [-0.3, -0.25) is 4.98 Å². The van der Waals surface area contributed by atoms with E-state index in [1.165, 1.54) is 5.56 Å². The van der Waals surface area contributed by atoms with Crippen LogP contribution >= 0.6 is 0 Å². The first-order valence-electron chi connectivity index (χ1n) is 5.79. The fourth-order valence-corrected chi connectivity index (χ4v) is 1.90. The summed E-state index contributed by atoms with van der Waals surface area (Å²) >= 11 is 0. The Kier molecular flexibility index (Phi) is 2.77. The quantitative estimate of drug-likeness (QED) is 0.750. The van der Waals surface area contributed by atoms with Crippen molar-refractivity contribution in [3.8, 4) is 11.3 Å². The van der Waals surface area contributed by atoms with E-state index in [0.717, 1.165) is 22.6 Å². The van der Waals surface area contributed by atoms with Crippen LogP contribution < -0.4 is 0 Å². The zero-order valence-electron chi connectivity index (χ0n) is 11.0. The maximum atomic E-state index is 5.43. The summed E-state index contributed by atoms with van der Waals surface area (Å²) in [6.45, 7) is 10.5. The van der Waals surface area contributed by atoms with Gasteiger partial charge in [-0.1, -0.05) is 25.9 Å². The number of pyridine rings is 1. The molecule has 2 heterocycles. The highest BCUT2D eigenvalue weighted by atomic mass is 16.5. The lowest BCUT2D eigenvalue weighted by atomic mass is 9.83. The molecule has 0 unspecified atom stereocenters. The summed E-state index contributed by atoms with van der Waals surface area (Å²) < 4.78 is 5.43. The normalized spacial score (nSPS) is 11.8. The number of hydrogen-bond acceptors (Lipinski definition) is 3. The molecule has 2 aromatic rings. The van der Waals surface area contributed by atoms with Gasteiger partial charge in [-0.2, -0.15) is 0 Å². The summed E-state index contributed by atoms with van der Waals surface area (Å²) in [5.41, 5.74) is 4.35. The van der Waals surface area contributed by atoms with Crippen molar-refractivity contribution in [2.75, 3.05) is 0 Å². The average Bonchev–Trinajstić information content (AvgIpc) is 2.59. The molecule has 3 heteroatoms. The Morgan fingerprint density at radius 3 is 2.41 bits per heavy atom. The molecule has 0 aliphatic heterocycles. The molecule has 0 N–H and O–H groups in total. The van der Waals surface area contributed by atoms with Crippen molar-refractivity contribution in [2.45, 2.75) is 40.0 Å². The minimum absolute atomic E-state index is 0.0609. The fourth-order valence-electron chi connectivity index (χ4n) is 1.90. The van der Waals surface area contributed by atoms with E-state index in [2.05, 4.69) is 30.9 Å². The second-order valence-electron chi connectivity index (χ2n) is 5.39. The van der Waals surface area contributed by atoms with Gasteiger partial charge >= 0.3 is 0 Å². The molecule has 0 aliphatic carbocycles. The molecular weight excluding hydrogens is 212 g/mol. The summed E-state index contributed by atoms with van der Waals surface area (Å²) in [4.78, 5) is 4.20. The van der Waals surface area contributed by atoms with Gasteiger partial charge in [0, 0.05) is 23.5 Å². The number of hydrogen-bond donors (Lipinski definition) is 0. The van der Waals surface area contributed by atoms with Crippen LogP contribution in [0.5, 0.6) is 0 Å². The van der Waals surface area contributed by atoms with E-state index in [1.54, 1.807) is 0 Å². The lowest BCUT2D eigenvalue weighted by Crippen LogP contribution is -2.12. The van der Waals surface area contributed by atoms with Crippen molar-refractivity contribution in [2.24, 2.45) is 0 Å². The Balaban J connectivity index is 2.64. The summed E-state index contributed by atoms with van der Waals surface area (Å²) in [6, 6.07) is 2.05. The average molecular weight is 230 g/mol. The van der Waals surface area contributed by atoms with Crippen molar-refractivity contribution < 1.29 is 4.52 Å². The zero-order valence-corrected chi connectivity index (χ0v) is 11.0. The third-order valence-corrected chi connectivity index (χ3v) is 3.03. The molecule has 2 rings (SSSR count). The number of nitrogens with zero attached hydrogens (tertiary/aromatic N) is 2. The van der Waals surface area contributed by atoms with Crippen molar-refractivity contribution in [3.63, 3.8) is 0 Å². The van der Waals surface area contributed by atoms with Gasteiger partial charge in [0.2, 0.25) is 0 Å². The van der Waals surface area contributed by atoms with Crippen molar-refractivity contribution in [1.29, 1.82) is 0 Å². The van der Waals surface area contributed by atoms with E-state index in [9.17, 15) is 0 Å². The van der Waals surface area contributed by atoms with Gasteiger partial charge < -0.3 is 4.52 Å². The Morgan fingerprint density at radius 1 is 1.18 bits per heavy atom.